The average Bonchev–Trinajstić information content (AvgIpc) is 2.75. The Bertz CT molecular complexity index is 474. The summed E-state index contributed by atoms with van der Waals surface area (Å²) in [6.45, 7) is 6.08. The van der Waals surface area contributed by atoms with E-state index >= 15 is 0 Å². The van der Waals surface area contributed by atoms with Gasteiger partial charge in [-0.3, -0.25) is 4.68 Å². The van der Waals surface area contributed by atoms with Crippen LogP contribution in [0.5, 0.6) is 0 Å². The van der Waals surface area contributed by atoms with E-state index in [1.807, 2.05) is 6.20 Å². The van der Waals surface area contributed by atoms with Crippen molar-refractivity contribution >= 4 is 5.69 Å². The number of nitrogens with zero attached hydrogens (tertiary/aromatic N) is 2. The molecule has 0 saturated carbocycles. The van der Waals surface area contributed by atoms with Crippen LogP contribution in [-0.4, -0.2) is 9.78 Å². The van der Waals surface area contributed by atoms with Gasteiger partial charge in [-0.15, -0.1) is 0 Å². The molecule has 0 bridgehead atoms. The molecule has 0 aliphatic heterocycles. The van der Waals surface area contributed by atoms with Crippen molar-refractivity contribution in [1.82, 2.24) is 9.78 Å². The first-order valence-electron chi connectivity index (χ1n) is 6.11. The molecule has 0 unspecified atom stereocenters. The first-order valence-corrected chi connectivity index (χ1v) is 6.11. The zero-order valence-corrected chi connectivity index (χ0v) is 10.5. The van der Waals surface area contributed by atoms with Crippen LogP contribution in [0, 0.1) is 6.92 Å². The topological polar surface area (TPSA) is 29.9 Å². The molecule has 2 aromatic rings. The van der Waals surface area contributed by atoms with Gasteiger partial charge in [0.1, 0.15) is 0 Å². The van der Waals surface area contributed by atoms with Crippen molar-refractivity contribution in [3.8, 4) is 0 Å². The molecular formula is C14H19N3. The lowest BCUT2D eigenvalue weighted by atomic mass is 10.2. The molecule has 0 amide bonds. The fourth-order valence-corrected chi connectivity index (χ4v) is 1.87. The van der Waals surface area contributed by atoms with Crippen LogP contribution in [0.15, 0.2) is 36.5 Å². The fourth-order valence-electron chi connectivity index (χ4n) is 1.87. The van der Waals surface area contributed by atoms with E-state index in [0.29, 0.717) is 0 Å². The Hall–Kier alpha value is -1.77. The van der Waals surface area contributed by atoms with Crippen molar-refractivity contribution in [2.75, 3.05) is 5.32 Å². The zero-order valence-electron chi connectivity index (χ0n) is 10.5. The molecule has 0 aliphatic carbocycles. The predicted molar refractivity (Wildman–Crippen MR) is 71.0 cm³/mol. The Morgan fingerprint density at radius 2 is 2.18 bits per heavy atom. The molecule has 90 valence electrons. The molecule has 3 nitrogen and oxygen atoms in total. The van der Waals surface area contributed by atoms with Crippen LogP contribution in [0.4, 0.5) is 5.69 Å². The van der Waals surface area contributed by atoms with Gasteiger partial charge in [0.15, 0.2) is 0 Å². The second-order valence-corrected chi connectivity index (χ2v) is 4.27. The number of hydrogen-bond donors (Lipinski definition) is 1. The van der Waals surface area contributed by atoms with Gasteiger partial charge >= 0.3 is 0 Å². The maximum atomic E-state index is 4.31. The fraction of sp³-hybridized carbons (Fsp3) is 0.357. The van der Waals surface area contributed by atoms with Crippen LogP contribution in [0.25, 0.3) is 0 Å². The SMILES string of the molecule is CCCn1nccc1CNc1cccc(C)c1. The summed E-state index contributed by atoms with van der Waals surface area (Å²) in [5, 5.41) is 7.74. The van der Waals surface area contributed by atoms with Crippen molar-refractivity contribution in [2.45, 2.75) is 33.4 Å². The number of anilines is 1. The molecule has 0 atom stereocenters. The van der Waals surface area contributed by atoms with E-state index in [9.17, 15) is 0 Å². The lowest BCUT2D eigenvalue weighted by Crippen LogP contribution is -2.08. The van der Waals surface area contributed by atoms with E-state index in [1.165, 1.54) is 11.3 Å². The van der Waals surface area contributed by atoms with E-state index in [4.69, 9.17) is 0 Å². The molecule has 0 spiro atoms. The Morgan fingerprint density at radius 3 is 2.94 bits per heavy atom. The molecule has 0 aliphatic rings. The van der Waals surface area contributed by atoms with Gasteiger partial charge in [0, 0.05) is 18.4 Å². The summed E-state index contributed by atoms with van der Waals surface area (Å²) >= 11 is 0. The van der Waals surface area contributed by atoms with Gasteiger partial charge < -0.3 is 5.32 Å². The Balaban J connectivity index is 1.99. The largest absolute Gasteiger partial charge is 0.379 e. The standard InChI is InChI=1S/C14H19N3/c1-3-9-17-14(7-8-16-17)11-15-13-6-4-5-12(2)10-13/h4-8,10,15H,3,9,11H2,1-2H3. The lowest BCUT2D eigenvalue weighted by molar-refractivity contribution is 0.578. The van der Waals surface area contributed by atoms with Gasteiger partial charge in [0.2, 0.25) is 0 Å². The minimum absolute atomic E-state index is 0.823. The molecule has 3 heteroatoms. The zero-order chi connectivity index (χ0) is 12.1. The summed E-state index contributed by atoms with van der Waals surface area (Å²) in [5.74, 6) is 0. The molecule has 1 aromatic heterocycles. The number of aryl methyl sites for hydroxylation is 2. The summed E-state index contributed by atoms with van der Waals surface area (Å²) in [6, 6.07) is 10.5. The van der Waals surface area contributed by atoms with Gasteiger partial charge in [0.05, 0.1) is 12.2 Å². The maximum absolute atomic E-state index is 4.31. The highest BCUT2D eigenvalue weighted by Gasteiger charge is 2.01. The Labute approximate surface area is 102 Å². The normalized spacial score (nSPS) is 10.5. The molecule has 17 heavy (non-hydrogen) atoms. The third-order valence-corrected chi connectivity index (χ3v) is 2.73. The van der Waals surface area contributed by atoms with Crippen molar-refractivity contribution in [3.63, 3.8) is 0 Å². The highest BCUT2D eigenvalue weighted by atomic mass is 15.3. The van der Waals surface area contributed by atoms with Gasteiger partial charge in [-0.05, 0) is 37.1 Å². The van der Waals surface area contributed by atoms with Crippen LogP contribution >= 0.6 is 0 Å². The first kappa shape index (κ1) is 11.7. The van der Waals surface area contributed by atoms with Crippen LogP contribution in [0.1, 0.15) is 24.6 Å². The van der Waals surface area contributed by atoms with Crippen molar-refractivity contribution < 1.29 is 0 Å². The van der Waals surface area contributed by atoms with E-state index in [0.717, 1.165) is 25.2 Å². The van der Waals surface area contributed by atoms with Crippen molar-refractivity contribution in [1.29, 1.82) is 0 Å². The van der Waals surface area contributed by atoms with Crippen LogP contribution in [-0.2, 0) is 13.1 Å². The minimum Gasteiger partial charge on any atom is -0.379 e. The summed E-state index contributed by atoms with van der Waals surface area (Å²) in [6.07, 6.45) is 2.97. The first-order chi connectivity index (χ1) is 8.29. The molecule has 1 heterocycles. The molecule has 0 saturated heterocycles. The maximum Gasteiger partial charge on any atom is 0.0575 e. The number of benzene rings is 1. The van der Waals surface area contributed by atoms with Crippen LogP contribution < -0.4 is 5.32 Å². The summed E-state index contributed by atoms with van der Waals surface area (Å²) < 4.78 is 2.06. The highest BCUT2D eigenvalue weighted by molar-refractivity contribution is 5.45. The van der Waals surface area contributed by atoms with E-state index in [2.05, 4.69) is 59.3 Å². The molecule has 2 rings (SSSR count). The third kappa shape index (κ3) is 3.09. The monoisotopic (exact) mass is 229 g/mol. The van der Waals surface area contributed by atoms with E-state index < -0.39 is 0 Å². The number of nitrogens with one attached hydrogen (secondary N) is 1. The Morgan fingerprint density at radius 1 is 1.29 bits per heavy atom. The van der Waals surface area contributed by atoms with E-state index in [-0.39, 0.29) is 0 Å². The van der Waals surface area contributed by atoms with Crippen molar-refractivity contribution in [2.24, 2.45) is 0 Å². The summed E-state index contributed by atoms with van der Waals surface area (Å²) in [7, 11) is 0. The van der Waals surface area contributed by atoms with Gasteiger partial charge in [-0.1, -0.05) is 19.1 Å². The predicted octanol–water partition coefficient (Wildman–Crippen LogP) is 3.21. The number of rotatable bonds is 5. The second kappa shape index (κ2) is 5.53. The van der Waals surface area contributed by atoms with Gasteiger partial charge in [-0.2, -0.15) is 5.10 Å². The highest BCUT2D eigenvalue weighted by Crippen LogP contribution is 2.11. The minimum atomic E-state index is 0.823. The molecule has 1 N–H and O–H groups in total. The van der Waals surface area contributed by atoms with E-state index in [1.54, 1.807) is 0 Å². The second-order valence-electron chi connectivity index (χ2n) is 4.27. The molecule has 0 radical (unpaired) electrons. The average molecular weight is 229 g/mol. The Kier molecular flexibility index (Phi) is 3.81. The number of hydrogen-bond acceptors (Lipinski definition) is 2. The summed E-state index contributed by atoms with van der Waals surface area (Å²) in [5.41, 5.74) is 3.67. The molecule has 1 aromatic carbocycles. The van der Waals surface area contributed by atoms with Gasteiger partial charge in [-0.25, -0.2) is 0 Å². The smallest absolute Gasteiger partial charge is 0.0575 e. The quantitative estimate of drug-likeness (QED) is 0.853. The van der Waals surface area contributed by atoms with Crippen LogP contribution in [0.3, 0.4) is 0 Å². The summed E-state index contributed by atoms with van der Waals surface area (Å²) in [4.78, 5) is 0. The van der Waals surface area contributed by atoms with Crippen LogP contribution in [0.2, 0.25) is 0 Å². The van der Waals surface area contributed by atoms with Crippen molar-refractivity contribution in [3.05, 3.63) is 47.8 Å². The lowest BCUT2D eigenvalue weighted by Gasteiger charge is -2.09. The third-order valence-electron chi connectivity index (χ3n) is 2.73. The number of aromatic nitrogens is 2. The molecule has 0 fully saturated rings. The van der Waals surface area contributed by atoms with Gasteiger partial charge in [0.25, 0.3) is 0 Å². The molecular weight excluding hydrogens is 210 g/mol.